The van der Waals surface area contributed by atoms with Crippen molar-refractivity contribution in [2.75, 3.05) is 0 Å². The first-order chi connectivity index (χ1) is 13.7. The van der Waals surface area contributed by atoms with E-state index in [0.29, 0.717) is 23.2 Å². The standard InChI is InChI=1S/C27H44O2/c1-17(2)6-11-25(29)18(3)22-9-10-23-21-8-7-19-16-20(28)12-14-26(19,4)24(21)13-15-27(22,23)5/h7,12,14,17-18,20-25,28-29H,6,8-11,13,15-16H2,1-5H3/t18-,20-,21-,22+,23-,24-,25+,26-,27+/m0/s1. The highest BCUT2D eigenvalue weighted by Gasteiger charge is 2.59. The summed E-state index contributed by atoms with van der Waals surface area (Å²) in [6.07, 6.45) is 15.8. The molecule has 4 aliphatic carbocycles. The van der Waals surface area contributed by atoms with Crippen molar-refractivity contribution >= 4 is 0 Å². The minimum Gasteiger partial charge on any atom is -0.393 e. The fourth-order valence-electron chi connectivity index (χ4n) is 8.17. The fourth-order valence-corrected chi connectivity index (χ4v) is 8.17. The summed E-state index contributed by atoms with van der Waals surface area (Å²) >= 11 is 0. The number of rotatable bonds is 5. The molecule has 2 nitrogen and oxygen atoms in total. The Labute approximate surface area is 178 Å². The van der Waals surface area contributed by atoms with E-state index >= 15 is 0 Å². The molecule has 0 radical (unpaired) electrons. The third-order valence-corrected chi connectivity index (χ3v) is 9.98. The lowest BCUT2D eigenvalue weighted by atomic mass is 9.48. The van der Waals surface area contributed by atoms with Gasteiger partial charge in [-0.05, 0) is 92.3 Å². The number of hydrogen-bond acceptors (Lipinski definition) is 2. The van der Waals surface area contributed by atoms with Gasteiger partial charge in [0.15, 0.2) is 0 Å². The summed E-state index contributed by atoms with van der Waals surface area (Å²) in [6.45, 7) is 11.9. The Morgan fingerprint density at radius 2 is 1.83 bits per heavy atom. The van der Waals surface area contributed by atoms with E-state index in [4.69, 9.17) is 0 Å². The van der Waals surface area contributed by atoms with Crippen molar-refractivity contribution < 1.29 is 10.2 Å². The quantitative estimate of drug-likeness (QED) is 0.545. The zero-order valence-electron chi connectivity index (χ0n) is 19.4. The van der Waals surface area contributed by atoms with Gasteiger partial charge in [-0.2, -0.15) is 0 Å². The molecule has 9 atom stereocenters. The molecule has 0 aromatic rings. The molecule has 0 bridgehead atoms. The van der Waals surface area contributed by atoms with Crippen LogP contribution in [0.4, 0.5) is 0 Å². The number of allylic oxidation sites excluding steroid dienone is 2. The van der Waals surface area contributed by atoms with Crippen LogP contribution in [0.5, 0.6) is 0 Å². The van der Waals surface area contributed by atoms with Gasteiger partial charge in [0.2, 0.25) is 0 Å². The largest absolute Gasteiger partial charge is 0.393 e. The summed E-state index contributed by atoms with van der Waals surface area (Å²) in [5.41, 5.74) is 2.03. The molecule has 0 heterocycles. The highest BCUT2D eigenvalue weighted by atomic mass is 16.3. The predicted molar refractivity (Wildman–Crippen MR) is 120 cm³/mol. The Morgan fingerprint density at radius 1 is 1.07 bits per heavy atom. The van der Waals surface area contributed by atoms with Crippen molar-refractivity contribution in [3.8, 4) is 0 Å². The molecule has 2 heteroatoms. The van der Waals surface area contributed by atoms with Gasteiger partial charge in [0.1, 0.15) is 0 Å². The highest BCUT2D eigenvalue weighted by Crippen LogP contribution is 2.66. The summed E-state index contributed by atoms with van der Waals surface area (Å²) in [4.78, 5) is 0. The molecule has 2 fully saturated rings. The molecular formula is C27H44O2. The van der Waals surface area contributed by atoms with E-state index in [1.807, 2.05) is 0 Å². The Bertz CT molecular complexity index is 663. The predicted octanol–water partition coefficient (Wildman–Crippen LogP) is 6.14. The molecular weight excluding hydrogens is 356 g/mol. The van der Waals surface area contributed by atoms with Gasteiger partial charge in [-0.3, -0.25) is 0 Å². The van der Waals surface area contributed by atoms with Crippen LogP contribution in [0, 0.1) is 46.3 Å². The molecule has 0 amide bonds. The number of aliphatic hydroxyl groups is 2. The topological polar surface area (TPSA) is 40.5 Å². The first-order valence-corrected chi connectivity index (χ1v) is 12.4. The van der Waals surface area contributed by atoms with E-state index in [-0.39, 0.29) is 17.6 Å². The third-order valence-electron chi connectivity index (χ3n) is 9.98. The van der Waals surface area contributed by atoms with Gasteiger partial charge >= 0.3 is 0 Å². The summed E-state index contributed by atoms with van der Waals surface area (Å²) < 4.78 is 0. The molecule has 0 aromatic carbocycles. The van der Waals surface area contributed by atoms with Crippen LogP contribution in [-0.4, -0.2) is 22.4 Å². The maximum absolute atomic E-state index is 10.9. The van der Waals surface area contributed by atoms with Gasteiger partial charge in [-0.1, -0.05) is 58.4 Å². The van der Waals surface area contributed by atoms with Crippen molar-refractivity contribution in [3.63, 3.8) is 0 Å². The van der Waals surface area contributed by atoms with Crippen LogP contribution >= 0.6 is 0 Å². The summed E-state index contributed by atoms with van der Waals surface area (Å²) in [6, 6.07) is 0. The van der Waals surface area contributed by atoms with Gasteiger partial charge in [0.05, 0.1) is 12.2 Å². The van der Waals surface area contributed by atoms with Crippen molar-refractivity contribution in [2.45, 2.75) is 98.2 Å². The minimum absolute atomic E-state index is 0.145. The lowest BCUT2D eigenvalue weighted by Crippen LogP contribution is -2.50. The normalized spacial score (nSPS) is 45.9. The Balaban J connectivity index is 1.53. The summed E-state index contributed by atoms with van der Waals surface area (Å²) in [5.74, 6) is 4.04. The van der Waals surface area contributed by atoms with Gasteiger partial charge in [0, 0.05) is 5.41 Å². The first-order valence-electron chi connectivity index (χ1n) is 12.4. The van der Waals surface area contributed by atoms with Gasteiger partial charge in [0.25, 0.3) is 0 Å². The lowest BCUT2D eigenvalue weighted by Gasteiger charge is -2.57. The Morgan fingerprint density at radius 3 is 2.55 bits per heavy atom. The van der Waals surface area contributed by atoms with Crippen LogP contribution in [0.3, 0.4) is 0 Å². The fraction of sp³-hybridized carbons (Fsp3) is 0.852. The van der Waals surface area contributed by atoms with Crippen LogP contribution in [0.15, 0.2) is 23.8 Å². The smallest absolute Gasteiger partial charge is 0.0758 e. The average Bonchev–Trinajstić information content (AvgIpc) is 3.03. The third kappa shape index (κ3) is 3.57. The van der Waals surface area contributed by atoms with Gasteiger partial charge in [-0.15, -0.1) is 0 Å². The molecule has 164 valence electrons. The molecule has 0 unspecified atom stereocenters. The van der Waals surface area contributed by atoms with E-state index in [2.05, 4.69) is 52.8 Å². The second kappa shape index (κ2) is 7.83. The molecule has 4 aliphatic rings. The highest BCUT2D eigenvalue weighted by molar-refractivity contribution is 5.32. The maximum atomic E-state index is 10.9. The van der Waals surface area contributed by atoms with E-state index in [9.17, 15) is 10.2 Å². The zero-order valence-corrected chi connectivity index (χ0v) is 19.4. The number of hydrogen-bond donors (Lipinski definition) is 2. The van der Waals surface area contributed by atoms with Gasteiger partial charge < -0.3 is 10.2 Å². The zero-order chi connectivity index (χ0) is 21.0. The van der Waals surface area contributed by atoms with Crippen LogP contribution in [0.25, 0.3) is 0 Å². The second-order valence-electron chi connectivity index (χ2n) is 11.9. The lowest BCUT2D eigenvalue weighted by molar-refractivity contribution is -0.0522. The molecule has 0 spiro atoms. The Kier molecular flexibility index (Phi) is 5.84. The van der Waals surface area contributed by atoms with E-state index in [0.717, 1.165) is 37.0 Å². The number of fused-ring (bicyclic) bond motifs is 5. The first kappa shape index (κ1) is 21.6. The molecule has 2 saturated carbocycles. The monoisotopic (exact) mass is 400 g/mol. The van der Waals surface area contributed by atoms with Crippen molar-refractivity contribution in [2.24, 2.45) is 46.3 Å². The summed E-state index contributed by atoms with van der Waals surface area (Å²) in [5, 5.41) is 21.1. The maximum Gasteiger partial charge on any atom is 0.0758 e. The molecule has 4 rings (SSSR count). The second-order valence-corrected chi connectivity index (χ2v) is 11.9. The molecule has 0 saturated heterocycles. The Hall–Kier alpha value is -0.600. The van der Waals surface area contributed by atoms with E-state index < -0.39 is 0 Å². The number of aliphatic hydroxyl groups excluding tert-OH is 2. The van der Waals surface area contributed by atoms with Gasteiger partial charge in [-0.25, -0.2) is 0 Å². The SMILES string of the molecule is CC(C)CC[C@@H](O)[C@@H](C)[C@H]1CC[C@H]2[C@@H]3CC=C4C[C@@H](O)C=C[C@]4(C)[C@H]3CC[C@]12C. The van der Waals surface area contributed by atoms with Crippen LogP contribution in [0.2, 0.25) is 0 Å². The van der Waals surface area contributed by atoms with Crippen LogP contribution in [0.1, 0.15) is 86.0 Å². The van der Waals surface area contributed by atoms with Crippen LogP contribution < -0.4 is 0 Å². The van der Waals surface area contributed by atoms with Crippen molar-refractivity contribution in [3.05, 3.63) is 23.8 Å². The van der Waals surface area contributed by atoms with E-state index in [1.54, 1.807) is 0 Å². The van der Waals surface area contributed by atoms with E-state index in [1.165, 1.54) is 37.7 Å². The average molecular weight is 401 g/mol. The van der Waals surface area contributed by atoms with Crippen LogP contribution in [-0.2, 0) is 0 Å². The molecule has 29 heavy (non-hydrogen) atoms. The van der Waals surface area contributed by atoms with Crippen molar-refractivity contribution in [1.82, 2.24) is 0 Å². The molecule has 0 aliphatic heterocycles. The minimum atomic E-state index is -0.288. The molecule has 0 aromatic heterocycles. The van der Waals surface area contributed by atoms with Crippen molar-refractivity contribution in [1.29, 1.82) is 0 Å². The summed E-state index contributed by atoms with van der Waals surface area (Å²) in [7, 11) is 0. The molecule has 2 N–H and O–H groups in total.